The molecule has 1 saturated heterocycles. The van der Waals surface area contributed by atoms with E-state index in [9.17, 15) is 9.59 Å². The van der Waals surface area contributed by atoms with Crippen LogP contribution in [0.15, 0.2) is 36.4 Å². The quantitative estimate of drug-likeness (QED) is 0.830. The van der Waals surface area contributed by atoms with Crippen LogP contribution < -0.4 is 10.1 Å². The Morgan fingerprint density at radius 3 is 2.85 bits per heavy atom. The number of piperidine rings is 1. The van der Waals surface area contributed by atoms with E-state index in [1.54, 1.807) is 7.11 Å². The van der Waals surface area contributed by atoms with E-state index in [4.69, 9.17) is 4.74 Å². The molecule has 3 rings (SSSR count). The van der Waals surface area contributed by atoms with Crippen LogP contribution in [0.4, 0.5) is 0 Å². The first-order valence-corrected chi connectivity index (χ1v) is 9.28. The largest absolute Gasteiger partial charge is 0.496 e. The molecule has 2 amide bonds. The lowest BCUT2D eigenvalue weighted by Gasteiger charge is -2.26. The van der Waals surface area contributed by atoms with Crippen molar-refractivity contribution in [2.24, 2.45) is 0 Å². The molecule has 2 aromatic carbocycles. The maximum atomic E-state index is 12.2. The zero-order valence-corrected chi connectivity index (χ0v) is 15.3. The molecule has 26 heavy (non-hydrogen) atoms. The van der Waals surface area contributed by atoms with E-state index in [0.29, 0.717) is 32.4 Å². The summed E-state index contributed by atoms with van der Waals surface area (Å²) >= 11 is 0. The number of hydrogen-bond donors (Lipinski definition) is 1. The van der Waals surface area contributed by atoms with E-state index in [1.165, 1.54) is 0 Å². The van der Waals surface area contributed by atoms with Crippen molar-refractivity contribution in [3.05, 3.63) is 42.0 Å². The Hall–Kier alpha value is -2.56. The topological polar surface area (TPSA) is 58.6 Å². The molecule has 0 spiro atoms. The minimum Gasteiger partial charge on any atom is -0.496 e. The molecule has 1 fully saturated rings. The molecule has 0 aromatic heterocycles. The molecule has 1 N–H and O–H groups in total. The summed E-state index contributed by atoms with van der Waals surface area (Å²) in [5.41, 5.74) is 0.991. The summed E-state index contributed by atoms with van der Waals surface area (Å²) in [5, 5.41) is 5.21. The lowest BCUT2D eigenvalue weighted by Crippen LogP contribution is -2.36. The number of hydrogen-bond acceptors (Lipinski definition) is 3. The number of methoxy groups -OCH3 is 1. The molecule has 0 atom stereocenters. The zero-order chi connectivity index (χ0) is 18.4. The van der Waals surface area contributed by atoms with Crippen LogP contribution >= 0.6 is 0 Å². The third kappa shape index (κ3) is 4.34. The van der Waals surface area contributed by atoms with Crippen LogP contribution in [-0.2, 0) is 16.1 Å². The summed E-state index contributed by atoms with van der Waals surface area (Å²) in [4.78, 5) is 25.9. The number of carbonyl (C=O) groups is 2. The third-order valence-corrected chi connectivity index (χ3v) is 4.93. The molecule has 1 heterocycles. The number of rotatable bonds is 7. The van der Waals surface area contributed by atoms with Crippen LogP contribution in [0.1, 0.15) is 37.7 Å². The van der Waals surface area contributed by atoms with Crippen molar-refractivity contribution < 1.29 is 14.3 Å². The predicted octanol–water partition coefficient (Wildman–Crippen LogP) is 3.26. The number of carbonyl (C=O) groups excluding carboxylic acids is 2. The van der Waals surface area contributed by atoms with Crippen molar-refractivity contribution in [1.29, 1.82) is 0 Å². The fourth-order valence-electron chi connectivity index (χ4n) is 3.49. The molecule has 5 nitrogen and oxygen atoms in total. The lowest BCUT2D eigenvalue weighted by molar-refractivity contribution is -0.133. The van der Waals surface area contributed by atoms with Gasteiger partial charge in [-0.15, -0.1) is 0 Å². The van der Waals surface area contributed by atoms with E-state index in [1.807, 2.05) is 35.2 Å². The maximum absolute atomic E-state index is 12.2. The van der Waals surface area contributed by atoms with E-state index in [-0.39, 0.29) is 11.8 Å². The highest BCUT2D eigenvalue weighted by Gasteiger charge is 2.17. The van der Waals surface area contributed by atoms with Crippen molar-refractivity contribution >= 4 is 22.6 Å². The molecule has 138 valence electrons. The molecule has 0 saturated carbocycles. The predicted molar refractivity (Wildman–Crippen MR) is 102 cm³/mol. The molecule has 1 aliphatic heterocycles. The first-order chi connectivity index (χ1) is 12.7. The number of amides is 2. The Bertz CT molecular complexity index is 788. The zero-order valence-electron chi connectivity index (χ0n) is 15.3. The standard InChI is InChI=1S/C21H26N2O3/c1-26-19-12-11-16-7-2-3-8-17(16)18(19)15-22-20(24)9-6-14-23-13-5-4-10-21(23)25/h2-3,7-8,11-12H,4-6,9-10,13-15H2,1H3,(H,22,24). The van der Waals surface area contributed by atoms with Crippen LogP contribution in [0.5, 0.6) is 5.75 Å². The van der Waals surface area contributed by atoms with Crippen molar-refractivity contribution in [3.8, 4) is 5.75 Å². The van der Waals surface area contributed by atoms with Crippen molar-refractivity contribution in [2.45, 2.75) is 38.6 Å². The highest BCUT2D eigenvalue weighted by atomic mass is 16.5. The van der Waals surface area contributed by atoms with Crippen LogP contribution in [0, 0.1) is 0 Å². The SMILES string of the molecule is COc1ccc2ccccc2c1CNC(=O)CCCN1CCCCC1=O. The number of ether oxygens (including phenoxy) is 1. The van der Waals surface area contributed by atoms with Crippen LogP contribution in [0.2, 0.25) is 0 Å². The average molecular weight is 354 g/mol. The fraction of sp³-hybridized carbons (Fsp3) is 0.429. The molecule has 0 radical (unpaired) electrons. The van der Waals surface area contributed by atoms with Gasteiger partial charge in [-0.1, -0.05) is 30.3 Å². The minimum atomic E-state index is 0.00412. The van der Waals surface area contributed by atoms with Crippen molar-refractivity contribution in [1.82, 2.24) is 10.2 Å². The average Bonchev–Trinajstić information content (AvgIpc) is 2.67. The minimum absolute atomic E-state index is 0.00412. The molecule has 2 aromatic rings. The molecule has 5 heteroatoms. The third-order valence-electron chi connectivity index (χ3n) is 4.93. The maximum Gasteiger partial charge on any atom is 0.222 e. The van der Waals surface area contributed by atoms with Gasteiger partial charge in [0, 0.05) is 38.0 Å². The van der Waals surface area contributed by atoms with Gasteiger partial charge in [-0.2, -0.15) is 0 Å². The Kier molecular flexibility index (Phi) is 6.10. The Morgan fingerprint density at radius 1 is 1.19 bits per heavy atom. The normalized spacial score (nSPS) is 14.5. The van der Waals surface area contributed by atoms with E-state index in [2.05, 4.69) is 11.4 Å². The summed E-state index contributed by atoms with van der Waals surface area (Å²) < 4.78 is 5.46. The van der Waals surface area contributed by atoms with Crippen molar-refractivity contribution in [2.75, 3.05) is 20.2 Å². The van der Waals surface area contributed by atoms with E-state index in [0.717, 1.165) is 41.5 Å². The summed E-state index contributed by atoms with van der Waals surface area (Å²) in [7, 11) is 1.64. The number of benzene rings is 2. The highest BCUT2D eigenvalue weighted by molar-refractivity contribution is 5.88. The van der Waals surface area contributed by atoms with E-state index >= 15 is 0 Å². The number of nitrogens with one attached hydrogen (secondary N) is 1. The molecule has 0 aliphatic carbocycles. The second kappa shape index (κ2) is 8.70. The van der Waals surface area contributed by atoms with Crippen molar-refractivity contribution in [3.63, 3.8) is 0 Å². The Morgan fingerprint density at radius 2 is 2.04 bits per heavy atom. The van der Waals surface area contributed by atoms with Gasteiger partial charge in [0.15, 0.2) is 0 Å². The Balaban J connectivity index is 1.54. The van der Waals surface area contributed by atoms with Gasteiger partial charge in [0.2, 0.25) is 11.8 Å². The summed E-state index contributed by atoms with van der Waals surface area (Å²) in [6, 6.07) is 12.0. The molecular formula is C21H26N2O3. The second-order valence-corrected chi connectivity index (χ2v) is 6.69. The Labute approximate surface area is 154 Å². The van der Waals surface area contributed by atoms with E-state index < -0.39 is 0 Å². The molecular weight excluding hydrogens is 328 g/mol. The number of nitrogens with zero attached hydrogens (tertiary/aromatic N) is 1. The fourth-order valence-corrected chi connectivity index (χ4v) is 3.49. The summed E-state index contributed by atoms with van der Waals surface area (Å²) in [5.74, 6) is 1.00. The summed E-state index contributed by atoms with van der Waals surface area (Å²) in [6.45, 7) is 1.93. The first-order valence-electron chi connectivity index (χ1n) is 9.28. The van der Waals surface area contributed by atoms with Gasteiger partial charge in [-0.05, 0) is 36.1 Å². The van der Waals surface area contributed by atoms with Crippen LogP contribution in [0.25, 0.3) is 10.8 Å². The van der Waals surface area contributed by atoms with Crippen LogP contribution in [-0.4, -0.2) is 36.9 Å². The second-order valence-electron chi connectivity index (χ2n) is 6.69. The monoisotopic (exact) mass is 354 g/mol. The van der Waals surface area contributed by atoms with Gasteiger partial charge < -0.3 is 15.0 Å². The van der Waals surface area contributed by atoms with Crippen LogP contribution in [0.3, 0.4) is 0 Å². The smallest absolute Gasteiger partial charge is 0.222 e. The van der Waals surface area contributed by atoms with Gasteiger partial charge in [-0.3, -0.25) is 9.59 Å². The van der Waals surface area contributed by atoms with Gasteiger partial charge in [0.25, 0.3) is 0 Å². The van der Waals surface area contributed by atoms with Gasteiger partial charge in [0.1, 0.15) is 5.75 Å². The highest BCUT2D eigenvalue weighted by Crippen LogP contribution is 2.27. The number of likely N-dealkylation sites (tertiary alicyclic amines) is 1. The molecule has 0 bridgehead atoms. The van der Waals surface area contributed by atoms with Gasteiger partial charge >= 0.3 is 0 Å². The lowest BCUT2D eigenvalue weighted by atomic mass is 10.0. The summed E-state index contributed by atoms with van der Waals surface area (Å²) in [6.07, 6.45) is 3.83. The van der Waals surface area contributed by atoms with Gasteiger partial charge in [-0.25, -0.2) is 0 Å². The number of fused-ring (bicyclic) bond motifs is 1. The first kappa shape index (κ1) is 18.2. The molecule has 1 aliphatic rings. The van der Waals surface area contributed by atoms with Gasteiger partial charge in [0.05, 0.1) is 7.11 Å². The molecule has 0 unspecified atom stereocenters.